The van der Waals surface area contributed by atoms with E-state index in [4.69, 9.17) is 0 Å². The summed E-state index contributed by atoms with van der Waals surface area (Å²) in [6.07, 6.45) is 0.563. The number of rotatable bonds is 4. The molecule has 0 amide bonds. The zero-order valence-corrected chi connectivity index (χ0v) is 14.2. The van der Waals surface area contributed by atoms with E-state index >= 15 is 0 Å². The fraction of sp³-hybridized carbons (Fsp3) is 0.278. The number of hydrogen-bond acceptors (Lipinski definition) is 2. The molecule has 0 fully saturated rings. The van der Waals surface area contributed by atoms with Gasteiger partial charge in [0.2, 0.25) is 0 Å². The van der Waals surface area contributed by atoms with Crippen molar-refractivity contribution in [3.05, 3.63) is 64.7 Å². The van der Waals surface area contributed by atoms with Crippen molar-refractivity contribution in [3.63, 3.8) is 0 Å². The van der Waals surface area contributed by atoms with Crippen LogP contribution < -0.4 is 0 Å². The highest BCUT2D eigenvalue weighted by Gasteiger charge is 2.20. The van der Waals surface area contributed by atoms with Crippen LogP contribution >= 0.6 is 0 Å². The lowest BCUT2D eigenvalue weighted by atomic mass is 10.1. The highest BCUT2D eigenvalue weighted by Crippen LogP contribution is 2.24. The van der Waals surface area contributed by atoms with E-state index < -0.39 is 10.0 Å². The first kappa shape index (κ1) is 16.4. The largest absolute Gasteiger partial charge is 0.283 e. The zero-order valence-electron chi connectivity index (χ0n) is 13.4. The fourth-order valence-electron chi connectivity index (χ4n) is 2.72. The molecule has 0 unspecified atom stereocenters. The van der Waals surface area contributed by atoms with Crippen LogP contribution in [-0.4, -0.2) is 14.1 Å². The molecule has 0 aliphatic rings. The Morgan fingerprint density at radius 1 is 1.00 bits per heavy atom. The molecule has 0 aliphatic carbocycles. The fourth-order valence-corrected chi connectivity index (χ4v) is 4.26. The van der Waals surface area contributed by atoms with E-state index in [0.29, 0.717) is 17.0 Å². The van der Waals surface area contributed by atoms with Crippen LogP contribution in [0.3, 0.4) is 0 Å². The monoisotopic (exact) mass is 315 g/mol. The Morgan fingerprint density at radius 2 is 1.55 bits per heavy atom. The molecule has 3 nitrogen and oxygen atoms in total. The van der Waals surface area contributed by atoms with E-state index in [2.05, 4.69) is 4.40 Å². The lowest BCUT2D eigenvalue weighted by Gasteiger charge is -2.11. The first-order valence-electron chi connectivity index (χ1n) is 7.32. The van der Waals surface area contributed by atoms with Crippen molar-refractivity contribution in [2.24, 2.45) is 4.40 Å². The average molecular weight is 315 g/mol. The summed E-state index contributed by atoms with van der Waals surface area (Å²) in [4.78, 5) is 0.319. The first-order chi connectivity index (χ1) is 10.3. The van der Waals surface area contributed by atoms with Gasteiger partial charge in [0.25, 0.3) is 10.0 Å². The maximum Gasteiger partial charge on any atom is 0.283 e. The van der Waals surface area contributed by atoms with E-state index in [1.807, 2.05) is 70.2 Å². The van der Waals surface area contributed by atoms with Crippen LogP contribution in [0.15, 0.2) is 51.8 Å². The van der Waals surface area contributed by atoms with Gasteiger partial charge in [-0.3, -0.25) is 0 Å². The third kappa shape index (κ3) is 3.45. The molecule has 0 radical (unpaired) electrons. The molecule has 0 heterocycles. The number of nitrogens with zero attached hydrogens (tertiary/aromatic N) is 1. The predicted molar refractivity (Wildman–Crippen MR) is 91.1 cm³/mol. The highest BCUT2D eigenvalue weighted by atomic mass is 32.2. The van der Waals surface area contributed by atoms with E-state index in [9.17, 15) is 8.42 Å². The third-order valence-electron chi connectivity index (χ3n) is 3.53. The molecule has 116 valence electrons. The molecule has 2 aromatic rings. The quantitative estimate of drug-likeness (QED) is 0.794. The van der Waals surface area contributed by atoms with Crippen LogP contribution in [0, 0.1) is 20.8 Å². The van der Waals surface area contributed by atoms with Crippen LogP contribution in [0.5, 0.6) is 0 Å². The second-order valence-electron chi connectivity index (χ2n) is 5.46. The highest BCUT2D eigenvalue weighted by molar-refractivity contribution is 7.90. The molecule has 0 atom stereocenters. The van der Waals surface area contributed by atoms with Gasteiger partial charge >= 0.3 is 0 Å². The van der Waals surface area contributed by atoms with Crippen LogP contribution in [0.4, 0.5) is 0 Å². The average Bonchev–Trinajstić information content (AvgIpc) is 2.44. The number of benzene rings is 2. The molecule has 2 aromatic carbocycles. The Balaban J connectivity index is 2.58. The molecule has 0 saturated carbocycles. The lowest BCUT2D eigenvalue weighted by Crippen LogP contribution is -2.08. The Kier molecular flexibility index (Phi) is 4.81. The summed E-state index contributed by atoms with van der Waals surface area (Å²) in [5.41, 5.74) is 3.96. The topological polar surface area (TPSA) is 46.5 Å². The van der Waals surface area contributed by atoms with Gasteiger partial charge in [0.1, 0.15) is 0 Å². The molecule has 0 N–H and O–H groups in total. The molecular formula is C18H21NO2S. The third-order valence-corrected chi connectivity index (χ3v) is 5.16. The van der Waals surface area contributed by atoms with Gasteiger partial charge < -0.3 is 0 Å². The molecule has 22 heavy (non-hydrogen) atoms. The maximum atomic E-state index is 12.7. The normalized spacial score (nSPS) is 12.5. The SMILES string of the molecule is CC/C(=N\S(=O)(=O)c1c(C)cc(C)cc1C)c1ccccc1. The molecule has 4 heteroatoms. The van der Waals surface area contributed by atoms with Gasteiger partial charge in [-0.1, -0.05) is 55.0 Å². The summed E-state index contributed by atoms with van der Waals surface area (Å²) in [7, 11) is -3.71. The van der Waals surface area contributed by atoms with Gasteiger partial charge in [-0.2, -0.15) is 12.8 Å². The summed E-state index contributed by atoms with van der Waals surface area (Å²) in [6.45, 7) is 7.50. The molecule has 2 rings (SSSR count). The Bertz CT molecular complexity index is 783. The number of hydrogen-bond donors (Lipinski definition) is 0. The molecule has 0 spiro atoms. The minimum atomic E-state index is -3.71. The van der Waals surface area contributed by atoms with Gasteiger partial charge in [0.05, 0.1) is 10.6 Å². The van der Waals surface area contributed by atoms with Gasteiger partial charge in [-0.15, -0.1) is 0 Å². The van der Waals surface area contributed by atoms with Crippen molar-refractivity contribution < 1.29 is 8.42 Å². The van der Waals surface area contributed by atoms with Crippen molar-refractivity contribution in [1.29, 1.82) is 0 Å². The van der Waals surface area contributed by atoms with Crippen LogP contribution in [0.2, 0.25) is 0 Å². The molecule has 0 saturated heterocycles. The summed E-state index contributed by atoms with van der Waals surface area (Å²) < 4.78 is 29.6. The molecule has 0 bridgehead atoms. The van der Waals surface area contributed by atoms with Gasteiger partial charge in [-0.05, 0) is 43.9 Å². The van der Waals surface area contributed by atoms with Crippen molar-refractivity contribution in [2.45, 2.75) is 39.0 Å². The summed E-state index contributed by atoms with van der Waals surface area (Å²) in [6, 6.07) is 13.2. The minimum absolute atomic E-state index is 0.319. The van der Waals surface area contributed by atoms with E-state index in [1.165, 1.54) is 0 Å². The standard InChI is InChI=1S/C18H21NO2S/c1-5-17(16-9-7-6-8-10-16)19-22(20,21)18-14(3)11-13(2)12-15(18)4/h6-12H,5H2,1-4H3/b19-17+. The van der Waals surface area contributed by atoms with Crippen molar-refractivity contribution in [2.75, 3.05) is 0 Å². The predicted octanol–water partition coefficient (Wildman–Crippen LogP) is 4.20. The van der Waals surface area contributed by atoms with Crippen LogP contribution in [-0.2, 0) is 10.0 Å². The van der Waals surface area contributed by atoms with Crippen molar-refractivity contribution >= 4 is 15.7 Å². The second kappa shape index (κ2) is 6.44. The Hall–Kier alpha value is -1.94. The van der Waals surface area contributed by atoms with Crippen molar-refractivity contribution in [3.8, 4) is 0 Å². The smallest absolute Gasteiger partial charge is 0.199 e. The van der Waals surface area contributed by atoms with E-state index in [1.54, 1.807) is 0 Å². The van der Waals surface area contributed by atoms with E-state index in [0.717, 1.165) is 22.3 Å². The first-order valence-corrected chi connectivity index (χ1v) is 8.76. The van der Waals surface area contributed by atoms with Crippen molar-refractivity contribution in [1.82, 2.24) is 0 Å². The maximum absolute atomic E-state index is 12.7. The number of sulfonamides is 1. The number of aryl methyl sites for hydroxylation is 3. The zero-order chi connectivity index (χ0) is 16.3. The molecular weight excluding hydrogens is 294 g/mol. The van der Waals surface area contributed by atoms with Gasteiger partial charge in [-0.25, -0.2) is 0 Å². The summed E-state index contributed by atoms with van der Waals surface area (Å²) >= 11 is 0. The lowest BCUT2D eigenvalue weighted by molar-refractivity contribution is 0.596. The van der Waals surface area contributed by atoms with E-state index in [-0.39, 0.29) is 0 Å². The Morgan fingerprint density at radius 3 is 2.05 bits per heavy atom. The summed E-state index contributed by atoms with van der Waals surface area (Å²) in [5.74, 6) is 0. The van der Waals surface area contributed by atoms with Crippen LogP contribution in [0.1, 0.15) is 35.6 Å². The second-order valence-corrected chi connectivity index (χ2v) is 7.00. The molecule has 0 aromatic heterocycles. The van der Waals surface area contributed by atoms with Gasteiger partial charge in [0, 0.05) is 0 Å². The summed E-state index contributed by atoms with van der Waals surface area (Å²) in [5, 5.41) is 0. The Labute approximate surface area is 132 Å². The minimum Gasteiger partial charge on any atom is -0.199 e. The van der Waals surface area contributed by atoms with Crippen LogP contribution in [0.25, 0.3) is 0 Å². The van der Waals surface area contributed by atoms with Gasteiger partial charge in [0.15, 0.2) is 0 Å². The molecule has 0 aliphatic heterocycles.